The van der Waals surface area contributed by atoms with Gasteiger partial charge < -0.3 is 4.74 Å². The molecule has 5 aliphatic carbocycles. The van der Waals surface area contributed by atoms with Crippen LogP contribution in [0, 0.1) is 45.8 Å². The minimum Gasteiger partial charge on any atom is -0.381 e. The highest BCUT2D eigenvalue weighted by Gasteiger charge is 2.77. The molecule has 5 fully saturated rings. The standard InChI is InChI=1S/C21H34O/c1-13-5-6-16-15-11-18(22-4)21-12-14(21)7-10-20(21,3)17(15)8-9-19(13,16)2/h13-18H,5-12H2,1-4H3/t13-,14+,15-,16-,17-,18+,19+,20+,21?/m0/s1. The largest absolute Gasteiger partial charge is 0.381 e. The van der Waals surface area contributed by atoms with E-state index in [0.717, 1.165) is 29.6 Å². The Balaban J connectivity index is 1.55. The molecule has 0 bridgehead atoms. The number of rotatable bonds is 1. The molecule has 5 rings (SSSR count). The molecule has 9 atom stereocenters. The van der Waals surface area contributed by atoms with Crippen molar-refractivity contribution >= 4 is 0 Å². The quantitative estimate of drug-likeness (QED) is 0.639. The first-order chi connectivity index (χ1) is 10.5. The van der Waals surface area contributed by atoms with Crippen molar-refractivity contribution in [1.29, 1.82) is 0 Å². The lowest BCUT2D eigenvalue weighted by Crippen LogP contribution is -2.56. The third-order valence-corrected chi connectivity index (χ3v) is 10.3. The first-order valence-electron chi connectivity index (χ1n) is 10.00. The predicted octanol–water partition coefficient (Wildman–Crippen LogP) is 5.29. The van der Waals surface area contributed by atoms with E-state index in [9.17, 15) is 0 Å². The van der Waals surface area contributed by atoms with E-state index in [1.165, 1.54) is 51.4 Å². The molecule has 0 heterocycles. The van der Waals surface area contributed by atoms with E-state index in [0.29, 0.717) is 22.3 Å². The second-order valence-electron chi connectivity index (χ2n) is 10.3. The van der Waals surface area contributed by atoms with Crippen molar-refractivity contribution < 1.29 is 4.74 Å². The van der Waals surface area contributed by atoms with Crippen molar-refractivity contribution in [3.63, 3.8) is 0 Å². The van der Waals surface area contributed by atoms with E-state index in [1.54, 1.807) is 0 Å². The molecule has 0 saturated heterocycles. The zero-order chi connectivity index (χ0) is 15.3. The molecule has 0 aliphatic heterocycles. The highest BCUT2D eigenvalue weighted by molar-refractivity contribution is 5.25. The highest BCUT2D eigenvalue weighted by atomic mass is 16.5. The fraction of sp³-hybridized carbons (Fsp3) is 1.00. The van der Waals surface area contributed by atoms with Gasteiger partial charge in [0, 0.05) is 12.5 Å². The van der Waals surface area contributed by atoms with E-state index in [4.69, 9.17) is 4.74 Å². The maximum atomic E-state index is 6.17. The van der Waals surface area contributed by atoms with Crippen LogP contribution in [-0.4, -0.2) is 13.2 Å². The van der Waals surface area contributed by atoms with Gasteiger partial charge in [0.25, 0.3) is 0 Å². The zero-order valence-electron chi connectivity index (χ0n) is 15.0. The summed E-state index contributed by atoms with van der Waals surface area (Å²) < 4.78 is 6.17. The van der Waals surface area contributed by atoms with Crippen LogP contribution in [0.2, 0.25) is 0 Å². The first-order valence-corrected chi connectivity index (χ1v) is 10.00. The summed E-state index contributed by atoms with van der Waals surface area (Å²) >= 11 is 0. The Bertz CT molecular complexity index is 500. The third-order valence-electron chi connectivity index (χ3n) is 10.3. The summed E-state index contributed by atoms with van der Waals surface area (Å²) in [4.78, 5) is 0. The molecule has 1 unspecified atom stereocenters. The minimum absolute atomic E-state index is 0.574. The average Bonchev–Trinajstić information content (AvgIpc) is 3.05. The van der Waals surface area contributed by atoms with Crippen LogP contribution < -0.4 is 0 Å². The zero-order valence-corrected chi connectivity index (χ0v) is 15.0. The molecule has 0 aromatic heterocycles. The SMILES string of the molecule is CO[C@@H]1C[C@H]2[C@@H]3CC[C@H](C)[C@@]3(C)CC[C@@H]2[C@@]2(C)CC[C@@H]3CC312. The molecule has 0 radical (unpaired) electrons. The van der Waals surface area contributed by atoms with Gasteiger partial charge in [-0.25, -0.2) is 0 Å². The second-order valence-corrected chi connectivity index (χ2v) is 10.3. The molecule has 5 saturated carbocycles. The smallest absolute Gasteiger partial charge is 0.0638 e. The Hall–Kier alpha value is -0.0400. The molecule has 0 aromatic carbocycles. The van der Waals surface area contributed by atoms with Crippen molar-refractivity contribution in [3.8, 4) is 0 Å². The molecule has 1 heteroatoms. The highest BCUT2D eigenvalue weighted by Crippen LogP contribution is 2.82. The van der Waals surface area contributed by atoms with Gasteiger partial charge in [0.1, 0.15) is 0 Å². The Labute approximate surface area is 136 Å². The first kappa shape index (κ1) is 14.3. The number of methoxy groups -OCH3 is 1. The summed E-state index contributed by atoms with van der Waals surface area (Å²) in [6.45, 7) is 7.85. The fourth-order valence-corrected chi connectivity index (χ4v) is 8.84. The topological polar surface area (TPSA) is 9.23 Å². The summed E-state index contributed by atoms with van der Waals surface area (Å²) in [7, 11) is 2.01. The van der Waals surface area contributed by atoms with Gasteiger partial charge in [0.2, 0.25) is 0 Å². The van der Waals surface area contributed by atoms with Gasteiger partial charge in [-0.2, -0.15) is 0 Å². The third kappa shape index (κ3) is 1.35. The fourth-order valence-electron chi connectivity index (χ4n) is 8.84. The van der Waals surface area contributed by atoms with Crippen LogP contribution in [0.1, 0.15) is 72.1 Å². The summed E-state index contributed by atoms with van der Waals surface area (Å²) in [6.07, 6.45) is 12.5. The van der Waals surface area contributed by atoms with Crippen molar-refractivity contribution in [3.05, 3.63) is 0 Å². The van der Waals surface area contributed by atoms with E-state index in [2.05, 4.69) is 20.8 Å². The lowest BCUT2D eigenvalue weighted by Gasteiger charge is -2.60. The molecular weight excluding hydrogens is 268 g/mol. The van der Waals surface area contributed by atoms with Gasteiger partial charge in [-0.15, -0.1) is 0 Å². The average molecular weight is 303 g/mol. The van der Waals surface area contributed by atoms with Crippen LogP contribution in [0.4, 0.5) is 0 Å². The van der Waals surface area contributed by atoms with E-state index in [-0.39, 0.29) is 0 Å². The molecule has 5 aliphatic rings. The van der Waals surface area contributed by atoms with Crippen molar-refractivity contribution in [2.45, 2.75) is 78.2 Å². The van der Waals surface area contributed by atoms with Crippen molar-refractivity contribution in [1.82, 2.24) is 0 Å². The molecule has 22 heavy (non-hydrogen) atoms. The van der Waals surface area contributed by atoms with Crippen LogP contribution in [0.5, 0.6) is 0 Å². The Kier molecular flexibility index (Phi) is 2.69. The predicted molar refractivity (Wildman–Crippen MR) is 89.5 cm³/mol. The summed E-state index contributed by atoms with van der Waals surface area (Å²) in [5, 5.41) is 0. The maximum Gasteiger partial charge on any atom is 0.0638 e. The van der Waals surface area contributed by atoms with Gasteiger partial charge in [-0.3, -0.25) is 0 Å². The van der Waals surface area contributed by atoms with Crippen LogP contribution in [0.25, 0.3) is 0 Å². The lowest BCUT2D eigenvalue weighted by molar-refractivity contribution is -0.158. The Morgan fingerprint density at radius 2 is 1.77 bits per heavy atom. The number of ether oxygens (including phenoxy) is 1. The van der Waals surface area contributed by atoms with Gasteiger partial charge >= 0.3 is 0 Å². The maximum absolute atomic E-state index is 6.17. The summed E-state index contributed by atoms with van der Waals surface area (Å²) in [5.41, 5.74) is 1.84. The molecular formula is C21H34O. The van der Waals surface area contributed by atoms with Crippen molar-refractivity contribution in [2.24, 2.45) is 45.8 Å². The molecule has 0 N–H and O–H groups in total. The molecule has 0 aromatic rings. The molecule has 0 amide bonds. The Morgan fingerprint density at radius 3 is 2.50 bits per heavy atom. The van der Waals surface area contributed by atoms with E-state index < -0.39 is 0 Å². The minimum atomic E-state index is 0.574. The molecule has 124 valence electrons. The van der Waals surface area contributed by atoms with Crippen LogP contribution >= 0.6 is 0 Å². The van der Waals surface area contributed by atoms with Gasteiger partial charge in [-0.05, 0) is 91.8 Å². The lowest BCUT2D eigenvalue weighted by atomic mass is 9.45. The number of hydrogen-bond donors (Lipinski definition) is 0. The number of hydrogen-bond acceptors (Lipinski definition) is 1. The second kappa shape index (κ2) is 4.13. The van der Waals surface area contributed by atoms with E-state index >= 15 is 0 Å². The van der Waals surface area contributed by atoms with Gasteiger partial charge in [0.05, 0.1) is 6.10 Å². The molecule has 1 nitrogen and oxygen atoms in total. The van der Waals surface area contributed by atoms with Crippen LogP contribution in [0.15, 0.2) is 0 Å². The van der Waals surface area contributed by atoms with Gasteiger partial charge in [-0.1, -0.05) is 20.8 Å². The number of fused-ring (bicyclic) bond motifs is 4. The molecule has 1 spiro atoms. The normalized spacial score (nSPS) is 65.5. The van der Waals surface area contributed by atoms with E-state index in [1.807, 2.05) is 7.11 Å². The van der Waals surface area contributed by atoms with Crippen molar-refractivity contribution in [2.75, 3.05) is 7.11 Å². The Morgan fingerprint density at radius 1 is 0.955 bits per heavy atom. The summed E-state index contributed by atoms with van der Waals surface area (Å²) in [6, 6.07) is 0. The van der Waals surface area contributed by atoms with Crippen LogP contribution in [0.3, 0.4) is 0 Å². The van der Waals surface area contributed by atoms with Gasteiger partial charge in [0.15, 0.2) is 0 Å². The summed E-state index contributed by atoms with van der Waals surface area (Å²) in [5.74, 6) is 4.92. The monoisotopic (exact) mass is 302 g/mol. The van der Waals surface area contributed by atoms with Crippen LogP contribution in [-0.2, 0) is 4.74 Å².